The van der Waals surface area contributed by atoms with Gasteiger partial charge in [-0.2, -0.15) is 5.26 Å². The van der Waals surface area contributed by atoms with Gasteiger partial charge in [-0.3, -0.25) is 0 Å². The third-order valence-corrected chi connectivity index (χ3v) is 3.96. The van der Waals surface area contributed by atoms with E-state index < -0.39 is 0 Å². The lowest BCUT2D eigenvalue weighted by Gasteiger charge is -2.30. The highest BCUT2D eigenvalue weighted by Crippen LogP contribution is 2.39. The fraction of sp³-hybridized carbons (Fsp3) is 0.600. The summed E-state index contributed by atoms with van der Waals surface area (Å²) in [5.41, 5.74) is 1.74. The molecule has 1 N–H and O–H groups in total. The highest BCUT2D eigenvalue weighted by atomic mass is 16.5. The number of nitrogens with one attached hydrogen (secondary N) is 1. The van der Waals surface area contributed by atoms with Gasteiger partial charge in [0.25, 0.3) is 0 Å². The van der Waals surface area contributed by atoms with Crippen molar-refractivity contribution in [2.24, 2.45) is 0 Å². The Balaban J connectivity index is 1.81. The number of hydrogen-bond donors (Lipinski definition) is 1. The highest BCUT2D eigenvalue weighted by molar-refractivity contribution is 5.53. The zero-order chi connectivity index (χ0) is 13.2. The maximum absolute atomic E-state index is 9.20. The maximum atomic E-state index is 9.20. The van der Waals surface area contributed by atoms with E-state index in [1.54, 1.807) is 0 Å². The predicted molar refractivity (Wildman–Crippen MR) is 73.0 cm³/mol. The van der Waals surface area contributed by atoms with Crippen molar-refractivity contribution in [1.29, 1.82) is 5.26 Å². The van der Waals surface area contributed by atoms with Gasteiger partial charge in [0.2, 0.25) is 0 Å². The topological polar surface area (TPSA) is 57.9 Å². The molecule has 1 saturated carbocycles. The Kier molecular flexibility index (Phi) is 3.39. The van der Waals surface area contributed by atoms with Crippen molar-refractivity contribution in [2.45, 2.75) is 50.7 Å². The molecule has 1 aromatic heterocycles. The third-order valence-electron chi connectivity index (χ3n) is 3.96. The van der Waals surface area contributed by atoms with Crippen LogP contribution in [-0.4, -0.2) is 23.7 Å². The molecule has 1 saturated heterocycles. The summed E-state index contributed by atoms with van der Waals surface area (Å²) in [7, 11) is 0. The van der Waals surface area contributed by atoms with Crippen molar-refractivity contribution in [3.8, 4) is 6.07 Å². The Morgan fingerprint density at radius 1 is 1.37 bits per heavy atom. The largest absolute Gasteiger partial charge is 0.376 e. The van der Waals surface area contributed by atoms with Gasteiger partial charge in [0.15, 0.2) is 0 Å². The van der Waals surface area contributed by atoms with Gasteiger partial charge in [0.05, 0.1) is 17.7 Å². The van der Waals surface area contributed by atoms with E-state index in [4.69, 9.17) is 4.74 Å². The van der Waals surface area contributed by atoms with Crippen LogP contribution in [0.2, 0.25) is 0 Å². The molecule has 2 heterocycles. The van der Waals surface area contributed by atoms with Crippen molar-refractivity contribution in [1.82, 2.24) is 4.98 Å². The van der Waals surface area contributed by atoms with Gasteiger partial charge in [0, 0.05) is 18.2 Å². The van der Waals surface area contributed by atoms with E-state index in [2.05, 4.69) is 23.3 Å². The molecule has 0 amide bonds. The first-order valence-electron chi connectivity index (χ1n) is 7.07. The van der Waals surface area contributed by atoms with E-state index in [-0.39, 0.29) is 12.1 Å². The van der Waals surface area contributed by atoms with Crippen LogP contribution in [-0.2, 0) is 4.74 Å². The average molecular weight is 257 g/mol. The van der Waals surface area contributed by atoms with Crippen LogP contribution in [0.3, 0.4) is 0 Å². The number of hydrogen-bond acceptors (Lipinski definition) is 4. The monoisotopic (exact) mass is 257 g/mol. The van der Waals surface area contributed by atoms with E-state index in [0.29, 0.717) is 11.5 Å². The van der Waals surface area contributed by atoms with E-state index >= 15 is 0 Å². The molecule has 0 aromatic carbocycles. The van der Waals surface area contributed by atoms with Crippen LogP contribution in [0.4, 0.5) is 5.82 Å². The SMILES string of the molecule is C[C@@H]1OCCC[C@@H]1Nc1nc(C2CC2)ccc1C#N. The Morgan fingerprint density at radius 3 is 2.89 bits per heavy atom. The molecule has 0 spiro atoms. The van der Waals surface area contributed by atoms with Crippen molar-refractivity contribution in [3.63, 3.8) is 0 Å². The molecule has 1 aliphatic heterocycles. The fourth-order valence-electron chi connectivity index (χ4n) is 2.57. The Bertz CT molecular complexity index is 505. The molecule has 0 radical (unpaired) electrons. The van der Waals surface area contributed by atoms with Crippen LogP contribution < -0.4 is 5.32 Å². The van der Waals surface area contributed by atoms with Crippen molar-refractivity contribution >= 4 is 5.82 Å². The second-order valence-electron chi connectivity index (χ2n) is 5.49. The van der Waals surface area contributed by atoms with Gasteiger partial charge in [-0.05, 0) is 44.7 Å². The molecule has 1 aliphatic carbocycles. The molecule has 2 fully saturated rings. The average Bonchev–Trinajstić information content (AvgIpc) is 3.26. The van der Waals surface area contributed by atoms with Crippen LogP contribution >= 0.6 is 0 Å². The Morgan fingerprint density at radius 2 is 2.21 bits per heavy atom. The Hall–Kier alpha value is -1.60. The van der Waals surface area contributed by atoms with Gasteiger partial charge in [-0.15, -0.1) is 0 Å². The molecule has 0 unspecified atom stereocenters. The minimum atomic E-state index is 0.173. The first-order valence-corrected chi connectivity index (χ1v) is 7.07. The van der Waals surface area contributed by atoms with Crippen LogP contribution in [0.25, 0.3) is 0 Å². The molecule has 3 rings (SSSR count). The van der Waals surface area contributed by atoms with E-state index in [0.717, 1.165) is 31.0 Å². The van der Waals surface area contributed by atoms with E-state index in [9.17, 15) is 5.26 Å². The first kappa shape index (κ1) is 12.4. The summed E-state index contributed by atoms with van der Waals surface area (Å²) >= 11 is 0. The molecule has 100 valence electrons. The molecule has 19 heavy (non-hydrogen) atoms. The van der Waals surface area contributed by atoms with Crippen molar-refractivity contribution < 1.29 is 4.74 Å². The smallest absolute Gasteiger partial charge is 0.144 e. The van der Waals surface area contributed by atoms with Gasteiger partial charge in [0.1, 0.15) is 11.9 Å². The molecular weight excluding hydrogens is 238 g/mol. The summed E-state index contributed by atoms with van der Waals surface area (Å²) in [6.07, 6.45) is 4.75. The quantitative estimate of drug-likeness (QED) is 0.904. The lowest BCUT2D eigenvalue weighted by molar-refractivity contribution is 0.0191. The summed E-state index contributed by atoms with van der Waals surface area (Å²) < 4.78 is 5.65. The fourth-order valence-corrected chi connectivity index (χ4v) is 2.57. The molecule has 2 aliphatic rings. The number of aromatic nitrogens is 1. The molecule has 2 atom stereocenters. The summed E-state index contributed by atoms with van der Waals surface area (Å²) in [6, 6.07) is 6.35. The van der Waals surface area contributed by atoms with Gasteiger partial charge in [-0.25, -0.2) is 4.98 Å². The Labute approximate surface area is 113 Å². The molecule has 1 aromatic rings. The number of nitrogens with zero attached hydrogens (tertiary/aromatic N) is 2. The second kappa shape index (κ2) is 5.18. The lowest BCUT2D eigenvalue weighted by atomic mass is 10.0. The molecular formula is C15H19N3O. The minimum Gasteiger partial charge on any atom is -0.376 e. The summed E-state index contributed by atoms with van der Waals surface area (Å²) in [5.74, 6) is 1.34. The normalized spacial score (nSPS) is 26.7. The molecule has 4 nitrogen and oxygen atoms in total. The maximum Gasteiger partial charge on any atom is 0.144 e. The molecule has 0 bridgehead atoms. The van der Waals surface area contributed by atoms with Crippen LogP contribution in [0.15, 0.2) is 12.1 Å². The minimum absolute atomic E-state index is 0.173. The number of anilines is 1. The number of pyridine rings is 1. The number of ether oxygens (including phenoxy) is 1. The van der Waals surface area contributed by atoms with Gasteiger partial charge < -0.3 is 10.1 Å². The first-order chi connectivity index (χ1) is 9.28. The summed E-state index contributed by atoms with van der Waals surface area (Å²) in [4.78, 5) is 4.64. The van der Waals surface area contributed by atoms with Gasteiger partial charge >= 0.3 is 0 Å². The zero-order valence-electron chi connectivity index (χ0n) is 11.2. The number of nitriles is 1. The zero-order valence-corrected chi connectivity index (χ0v) is 11.2. The van der Waals surface area contributed by atoms with Crippen molar-refractivity contribution in [2.75, 3.05) is 11.9 Å². The predicted octanol–water partition coefficient (Wildman–Crippen LogP) is 2.81. The van der Waals surface area contributed by atoms with Crippen LogP contribution in [0.1, 0.15) is 49.8 Å². The second-order valence-corrected chi connectivity index (χ2v) is 5.49. The van der Waals surface area contributed by atoms with E-state index in [1.807, 2.05) is 12.1 Å². The van der Waals surface area contributed by atoms with Crippen molar-refractivity contribution in [3.05, 3.63) is 23.4 Å². The van der Waals surface area contributed by atoms with Crippen LogP contribution in [0.5, 0.6) is 0 Å². The van der Waals surface area contributed by atoms with E-state index in [1.165, 1.54) is 12.8 Å². The number of rotatable bonds is 3. The third kappa shape index (κ3) is 2.71. The highest BCUT2D eigenvalue weighted by Gasteiger charge is 2.27. The summed E-state index contributed by atoms with van der Waals surface area (Å²) in [6.45, 7) is 2.91. The molecule has 4 heteroatoms. The summed E-state index contributed by atoms with van der Waals surface area (Å²) in [5, 5.41) is 12.6. The van der Waals surface area contributed by atoms with Gasteiger partial charge in [-0.1, -0.05) is 0 Å². The lowest BCUT2D eigenvalue weighted by Crippen LogP contribution is -2.38. The standard InChI is InChI=1S/C15H19N3O/c1-10-13(3-2-8-19-10)17-15-12(9-16)6-7-14(18-15)11-4-5-11/h6-7,10-11,13H,2-5,8H2,1H3,(H,17,18)/t10-,13-/m0/s1. The van der Waals surface area contributed by atoms with Crippen LogP contribution in [0, 0.1) is 11.3 Å².